The molecule has 0 spiro atoms. The van der Waals surface area contributed by atoms with Crippen LogP contribution in [-0.4, -0.2) is 32.2 Å². The Balaban J connectivity index is 1.64. The lowest BCUT2D eigenvalue weighted by Gasteiger charge is -2.11. The number of thiazole rings is 1. The van der Waals surface area contributed by atoms with Gasteiger partial charge in [-0.15, -0.1) is 11.3 Å². The van der Waals surface area contributed by atoms with Crippen LogP contribution < -0.4 is 19.5 Å². The van der Waals surface area contributed by atoms with Gasteiger partial charge in [-0.1, -0.05) is 12.1 Å². The van der Waals surface area contributed by atoms with Gasteiger partial charge in [0.15, 0.2) is 0 Å². The predicted molar refractivity (Wildman–Crippen MR) is 111 cm³/mol. The number of hydrogen-bond acceptors (Lipinski definition) is 6. The van der Waals surface area contributed by atoms with Gasteiger partial charge in [0.2, 0.25) is 5.91 Å². The van der Waals surface area contributed by atoms with Crippen molar-refractivity contribution in [2.24, 2.45) is 0 Å². The molecule has 0 aliphatic heterocycles. The number of carbonyl (C=O) groups excluding carboxylic acids is 1. The van der Waals surface area contributed by atoms with E-state index in [1.807, 2.05) is 29.6 Å². The number of nitrogens with zero attached hydrogens (tertiary/aromatic N) is 1. The monoisotopic (exact) mass is 398 g/mol. The van der Waals surface area contributed by atoms with E-state index in [1.165, 1.54) is 11.3 Å². The molecule has 0 saturated heterocycles. The molecule has 3 aromatic rings. The summed E-state index contributed by atoms with van der Waals surface area (Å²) < 4.78 is 15.9. The number of hydrogen-bond donors (Lipinski definition) is 1. The zero-order chi connectivity index (χ0) is 19.9. The van der Waals surface area contributed by atoms with Crippen molar-refractivity contribution in [1.29, 1.82) is 0 Å². The second-order valence-electron chi connectivity index (χ2n) is 5.96. The maximum atomic E-state index is 12.4. The Labute approximate surface area is 168 Å². The number of anilines is 1. The van der Waals surface area contributed by atoms with Gasteiger partial charge in [0, 0.05) is 17.9 Å². The molecule has 0 saturated carbocycles. The van der Waals surface area contributed by atoms with Crippen LogP contribution in [0.4, 0.5) is 5.69 Å². The molecule has 1 aromatic heterocycles. The van der Waals surface area contributed by atoms with Crippen molar-refractivity contribution in [2.75, 3.05) is 26.6 Å². The van der Waals surface area contributed by atoms with Crippen molar-refractivity contribution in [2.45, 2.75) is 12.8 Å². The molecule has 1 amide bonds. The highest BCUT2D eigenvalue weighted by molar-refractivity contribution is 7.13. The highest BCUT2D eigenvalue weighted by Gasteiger charge is 2.12. The van der Waals surface area contributed by atoms with E-state index in [0.717, 1.165) is 22.0 Å². The molecule has 0 bridgehead atoms. The van der Waals surface area contributed by atoms with Gasteiger partial charge in [-0.25, -0.2) is 4.98 Å². The highest BCUT2D eigenvalue weighted by atomic mass is 32.1. The quantitative estimate of drug-likeness (QED) is 0.609. The second kappa shape index (κ2) is 9.23. The zero-order valence-corrected chi connectivity index (χ0v) is 16.8. The number of nitrogens with one attached hydrogen (secondary N) is 1. The average molecular weight is 398 g/mol. The molecule has 1 N–H and O–H groups in total. The molecule has 7 heteroatoms. The van der Waals surface area contributed by atoms with E-state index in [2.05, 4.69) is 10.3 Å². The molecule has 0 radical (unpaired) electrons. The molecule has 0 unspecified atom stereocenters. The summed E-state index contributed by atoms with van der Waals surface area (Å²) in [6.07, 6.45) is 0.860. The molecule has 28 heavy (non-hydrogen) atoms. The van der Waals surface area contributed by atoms with Gasteiger partial charge in [-0.2, -0.15) is 0 Å². The number of ether oxygens (including phenoxy) is 3. The Morgan fingerprint density at radius 1 is 1.04 bits per heavy atom. The van der Waals surface area contributed by atoms with Crippen molar-refractivity contribution < 1.29 is 19.0 Å². The zero-order valence-electron chi connectivity index (χ0n) is 16.0. The number of rotatable bonds is 8. The van der Waals surface area contributed by atoms with Crippen molar-refractivity contribution in [3.05, 3.63) is 53.5 Å². The van der Waals surface area contributed by atoms with Crippen LogP contribution >= 0.6 is 11.3 Å². The van der Waals surface area contributed by atoms with Gasteiger partial charge in [-0.3, -0.25) is 4.79 Å². The van der Waals surface area contributed by atoms with Gasteiger partial charge in [-0.05, 0) is 30.7 Å². The Kier molecular flexibility index (Phi) is 6.49. The first kappa shape index (κ1) is 19.7. The smallest absolute Gasteiger partial charge is 0.224 e. The highest BCUT2D eigenvalue weighted by Crippen LogP contribution is 2.32. The molecule has 2 aromatic carbocycles. The lowest BCUT2D eigenvalue weighted by Crippen LogP contribution is -2.13. The average Bonchev–Trinajstić information content (AvgIpc) is 3.21. The van der Waals surface area contributed by atoms with Crippen molar-refractivity contribution >= 4 is 22.9 Å². The van der Waals surface area contributed by atoms with E-state index in [0.29, 0.717) is 30.0 Å². The second-order valence-corrected chi connectivity index (χ2v) is 6.82. The molecule has 0 aliphatic carbocycles. The van der Waals surface area contributed by atoms with Crippen LogP contribution in [0.15, 0.2) is 47.8 Å². The van der Waals surface area contributed by atoms with Crippen LogP contribution in [0.1, 0.15) is 12.1 Å². The van der Waals surface area contributed by atoms with E-state index in [1.54, 1.807) is 39.5 Å². The van der Waals surface area contributed by atoms with E-state index in [9.17, 15) is 4.79 Å². The third-order valence-corrected chi connectivity index (χ3v) is 5.10. The summed E-state index contributed by atoms with van der Waals surface area (Å²) in [5.41, 5.74) is 2.41. The summed E-state index contributed by atoms with van der Waals surface area (Å²) in [6, 6.07) is 13.0. The topological polar surface area (TPSA) is 69.7 Å². The summed E-state index contributed by atoms with van der Waals surface area (Å²) in [7, 11) is 4.78. The predicted octanol–water partition coefficient (Wildman–Crippen LogP) is 4.41. The van der Waals surface area contributed by atoms with Gasteiger partial charge in [0.25, 0.3) is 0 Å². The summed E-state index contributed by atoms with van der Waals surface area (Å²) in [5.74, 6) is 1.91. The number of para-hydroxylation sites is 1. The number of carbonyl (C=O) groups is 1. The van der Waals surface area contributed by atoms with Crippen LogP contribution in [0.25, 0.3) is 10.6 Å². The molecule has 146 valence electrons. The van der Waals surface area contributed by atoms with Gasteiger partial charge in [0.05, 0.1) is 38.3 Å². The first-order chi connectivity index (χ1) is 13.6. The minimum atomic E-state index is -0.113. The SMILES string of the molecule is COc1ccc(OC)c(NC(=O)CCc2csc(-c3ccccc3OC)n2)c1. The van der Waals surface area contributed by atoms with Crippen molar-refractivity contribution in [1.82, 2.24) is 4.98 Å². The van der Waals surface area contributed by atoms with Crippen molar-refractivity contribution in [3.8, 4) is 27.8 Å². The summed E-state index contributed by atoms with van der Waals surface area (Å²) >= 11 is 1.54. The van der Waals surface area contributed by atoms with E-state index in [4.69, 9.17) is 14.2 Å². The number of aromatic nitrogens is 1. The standard InChI is InChI=1S/C21H22N2O4S/c1-25-15-9-10-19(27-3)17(12-15)23-20(24)11-8-14-13-28-21(22-14)16-6-4-5-7-18(16)26-2/h4-7,9-10,12-13H,8,11H2,1-3H3,(H,23,24). The molecular formula is C21H22N2O4S. The van der Waals surface area contributed by atoms with Crippen LogP contribution in [-0.2, 0) is 11.2 Å². The fourth-order valence-electron chi connectivity index (χ4n) is 2.73. The van der Waals surface area contributed by atoms with E-state index in [-0.39, 0.29) is 5.91 Å². The third kappa shape index (κ3) is 4.61. The Morgan fingerprint density at radius 2 is 1.82 bits per heavy atom. The summed E-state index contributed by atoms with van der Waals surface area (Å²) in [5, 5.41) is 5.73. The normalized spacial score (nSPS) is 10.4. The maximum absolute atomic E-state index is 12.4. The maximum Gasteiger partial charge on any atom is 0.224 e. The third-order valence-electron chi connectivity index (χ3n) is 4.18. The van der Waals surface area contributed by atoms with Gasteiger partial charge >= 0.3 is 0 Å². The fourth-order valence-corrected chi connectivity index (χ4v) is 3.62. The lowest BCUT2D eigenvalue weighted by molar-refractivity contribution is -0.116. The number of methoxy groups -OCH3 is 3. The lowest BCUT2D eigenvalue weighted by atomic mass is 10.2. The van der Waals surface area contributed by atoms with Crippen LogP contribution in [0.5, 0.6) is 17.2 Å². The van der Waals surface area contributed by atoms with Crippen LogP contribution in [0, 0.1) is 0 Å². The molecule has 1 heterocycles. The Morgan fingerprint density at radius 3 is 2.57 bits per heavy atom. The number of aryl methyl sites for hydroxylation is 1. The molecular weight excluding hydrogens is 376 g/mol. The summed E-state index contributed by atoms with van der Waals surface area (Å²) in [4.78, 5) is 17.0. The van der Waals surface area contributed by atoms with Crippen molar-refractivity contribution in [3.63, 3.8) is 0 Å². The van der Waals surface area contributed by atoms with Crippen LogP contribution in [0.3, 0.4) is 0 Å². The minimum Gasteiger partial charge on any atom is -0.497 e. The molecule has 0 aliphatic rings. The first-order valence-electron chi connectivity index (χ1n) is 8.74. The molecule has 0 atom stereocenters. The summed E-state index contributed by atoms with van der Waals surface area (Å²) in [6.45, 7) is 0. The number of amides is 1. The van der Waals surface area contributed by atoms with E-state index >= 15 is 0 Å². The minimum absolute atomic E-state index is 0.113. The Hall–Kier alpha value is -3.06. The Bertz CT molecular complexity index is 955. The first-order valence-corrected chi connectivity index (χ1v) is 9.62. The van der Waals surface area contributed by atoms with Crippen LogP contribution in [0.2, 0.25) is 0 Å². The number of benzene rings is 2. The molecule has 0 fully saturated rings. The van der Waals surface area contributed by atoms with E-state index < -0.39 is 0 Å². The van der Waals surface area contributed by atoms with Gasteiger partial charge in [0.1, 0.15) is 22.3 Å². The molecule has 6 nitrogen and oxygen atoms in total. The fraction of sp³-hybridized carbons (Fsp3) is 0.238. The van der Waals surface area contributed by atoms with Gasteiger partial charge < -0.3 is 19.5 Å². The largest absolute Gasteiger partial charge is 0.497 e. The molecule has 3 rings (SSSR count).